The number of nitrogens with zero attached hydrogens (tertiary/aromatic N) is 2. The summed E-state index contributed by atoms with van der Waals surface area (Å²) in [5, 5.41) is 9.51. The summed E-state index contributed by atoms with van der Waals surface area (Å²) < 4.78 is 14.5. The molecule has 136 valence electrons. The molecule has 0 saturated carbocycles. The standard InChI is InChI=1S/C19H20N2O5/c1-13(18(22)25-4)17(19(23)26-5)16(24-3)11-15(12-20)21(2)14-9-7-6-8-10-14/h6-11H,1H2,2-5H3/b15-11?,17-16-. The Labute approximate surface area is 152 Å². The van der Waals surface area contributed by atoms with Gasteiger partial charge in [0.25, 0.3) is 0 Å². The van der Waals surface area contributed by atoms with E-state index in [1.165, 1.54) is 13.2 Å². The van der Waals surface area contributed by atoms with Crippen molar-refractivity contribution in [1.82, 2.24) is 0 Å². The summed E-state index contributed by atoms with van der Waals surface area (Å²) in [6.07, 6.45) is 1.33. The second kappa shape index (κ2) is 9.69. The van der Waals surface area contributed by atoms with Crippen LogP contribution in [0.4, 0.5) is 5.69 Å². The van der Waals surface area contributed by atoms with Gasteiger partial charge in [0.1, 0.15) is 23.1 Å². The smallest absolute Gasteiger partial charge is 0.342 e. The number of benzene rings is 1. The van der Waals surface area contributed by atoms with Gasteiger partial charge >= 0.3 is 11.9 Å². The Morgan fingerprint density at radius 2 is 1.65 bits per heavy atom. The molecule has 0 aliphatic rings. The number of carbonyl (C=O) groups is 2. The fourth-order valence-electron chi connectivity index (χ4n) is 2.05. The largest absolute Gasteiger partial charge is 0.496 e. The zero-order valence-corrected chi connectivity index (χ0v) is 15.1. The molecule has 0 aliphatic carbocycles. The lowest BCUT2D eigenvalue weighted by molar-refractivity contribution is -0.139. The van der Waals surface area contributed by atoms with Crippen LogP contribution in [0.5, 0.6) is 0 Å². The van der Waals surface area contributed by atoms with Crippen molar-refractivity contribution in [3.05, 3.63) is 65.6 Å². The molecular formula is C19H20N2O5. The second-order valence-corrected chi connectivity index (χ2v) is 4.94. The van der Waals surface area contributed by atoms with Gasteiger partial charge in [0.15, 0.2) is 0 Å². The zero-order chi connectivity index (χ0) is 19.7. The van der Waals surface area contributed by atoms with Crippen LogP contribution in [-0.4, -0.2) is 40.3 Å². The third-order valence-corrected chi connectivity index (χ3v) is 3.48. The highest BCUT2D eigenvalue weighted by Crippen LogP contribution is 2.22. The third kappa shape index (κ3) is 4.74. The molecule has 0 aromatic heterocycles. The first kappa shape index (κ1) is 20.5. The van der Waals surface area contributed by atoms with Crippen LogP contribution in [0, 0.1) is 11.3 Å². The van der Waals surface area contributed by atoms with E-state index >= 15 is 0 Å². The van der Waals surface area contributed by atoms with E-state index < -0.39 is 11.9 Å². The number of carbonyl (C=O) groups excluding carboxylic acids is 2. The van der Waals surface area contributed by atoms with Crippen LogP contribution in [0.3, 0.4) is 0 Å². The van der Waals surface area contributed by atoms with Gasteiger partial charge in [-0.3, -0.25) is 0 Å². The molecule has 1 rings (SSSR count). The van der Waals surface area contributed by atoms with Gasteiger partial charge in [-0.05, 0) is 12.1 Å². The normalized spacial score (nSPS) is 11.6. The van der Waals surface area contributed by atoms with Crippen LogP contribution in [0.15, 0.2) is 65.6 Å². The molecule has 0 amide bonds. The van der Waals surface area contributed by atoms with E-state index in [4.69, 9.17) is 9.47 Å². The predicted octanol–water partition coefficient (Wildman–Crippen LogP) is 2.33. The van der Waals surface area contributed by atoms with E-state index in [0.717, 1.165) is 19.9 Å². The number of hydrogen-bond donors (Lipinski definition) is 0. The number of ether oxygens (including phenoxy) is 3. The zero-order valence-electron chi connectivity index (χ0n) is 15.1. The number of para-hydroxylation sites is 1. The molecule has 0 atom stereocenters. The van der Waals surface area contributed by atoms with E-state index in [9.17, 15) is 14.9 Å². The first-order valence-corrected chi connectivity index (χ1v) is 7.45. The van der Waals surface area contributed by atoms with Crippen molar-refractivity contribution in [2.45, 2.75) is 0 Å². The molecule has 0 unspecified atom stereocenters. The maximum Gasteiger partial charge on any atom is 0.342 e. The molecule has 7 heteroatoms. The van der Waals surface area contributed by atoms with Crippen molar-refractivity contribution in [3.63, 3.8) is 0 Å². The van der Waals surface area contributed by atoms with Crippen molar-refractivity contribution in [2.75, 3.05) is 33.3 Å². The first-order chi connectivity index (χ1) is 12.4. The lowest BCUT2D eigenvalue weighted by Crippen LogP contribution is -2.19. The van der Waals surface area contributed by atoms with Crippen molar-refractivity contribution in [3.8, 4) is 6.07 Å². The number of rotatable bonds is 7. The molecule has 26 heavy (non-hydrogen) atoms. The molecule has 7 nitrogen and oxygen atoms in total. The number of anilines is 1. The molecule has 1 aromatic rings. The number of hydrogen-bond acceptors (Lipinski definition) is 7. The number of methoxy groups -OCH3 is 3. The molecule has 0 fully saturated rings. The minimum absolute atomic E-state index is 0.0495. The topological polar surface area (TPSA) is 88.9 Å². The molecule has 0 radical (unpaired) electrons. The summed E-state index contributed by atoms with van der Waals surface area (Å²) in [6, 6.07) is 11.2. The number of nitriles is 1. The summed E-state index contributed by atoms with van der Waals surface area (Å²) in [4.78, 5) is 25.5. The van der Waals surface area contributed by atoms with Gasteiger partial charge in [-0.25, -0.2) is 9.59 Å². The predicted molar refractivity (Wildman–Crippen MR) is 95.7 cm³/mol. The summed E-state index contributed by atoms with van der Waals surface area (Å²) in [5.74, 6) is -1.71. The number of allylic oxidation sites excluding steroid dienone is 2. The van der Waals surface area contributed by atoms with Crippen molar-refractivity contribution < 1.29 is 23.8 Å². The Bertz CT molecular complexity index is 788. The van der Waals surface area contributed by atoms with E-state index in [2.05, 4.69) is 11.3 Å². The Morgan fingerprint density at radius 3 is 2.12 bits per heavy atom. The maximum atomic E-state index is 12.1. The first-order valence-electron chi connectivity index (χ1n) is 7.45. The monoisotopic (exact) mass is 356 g/mol. The van der Waals surface area contributed by atoms with Gasteiger partial charge in [0.2, 0.25) is 0 Å². The molecule has 0 bridgehead atoms. The molecular weight excluding hydrogens is 336 g/mol. The minimum atomic E-state index is -0.840. The average molecular weight is 356 g/mol. The van der Waals surface area contributed by atoms with E-state index in [0.29, 0.717) is 0 Å². The quantitative estimate of drug-likeness (QED) is 0.243. The van der Waals surface area contributed by atoms with Crippen molar-refractivity contribution >= 4 is 17.6 Å². The highest BCUT2D eigenvalue weighted by atomic mass is 16.5. The van der Waals surface area contributed by atoms with Crippen LogP contribution in [-0.2, 0) is 23.8 Å². The SMILES string of the molecule is C=C(C(=O)OC)/C(C(=O)OC)=C(\C=C(C#N)N(C)c1ccccc1)OC. The minimum Gasteiger partial charge on any atom is -0.496 e. The van der Waals surface area contributed by atoms with Crippen LogP contribution in [0.2, 0.25) is 0 Å². The molecule has 0 N–H and O–H groups in total. The van der Waals surface area contributed by atoms with Gasteiger partial charge in [0.05, 0.1) is 26.9 Å². The molecule has 0 aliphatic heterocycles. The van der Waals surface area contributed by atoms with E-state index in [-0.39, 0.29) is 22.6 Å². The lowest BCUT2D eigenvalue weighted by atomic mass is 10.1. The Hall–Kier alpha value is -3.53. The Balaban J connectivity index is 3.50. The summed E-state index contributed by atoms with van der Waals surface area (Å²) >= 11 is 0. The van der Waals surface area contributed by atoms with Crippen LogP contribution >= 0.6 is 0 Å². The summed E-state index contributed by atoms with van der Waals surface area (Å²) in [6.45, 7) is 3.56. The van der Waals surface area contributed by atoms with Gasteiger partial charge in [0, 0.05) is 18.8 Å². The van der Waals surface area contributed by atoms with Gasteiger partial charge in [-0.2, -0.15) is 5.26 Å². The highest BCUT2D eigenvalue weighted by Gasteiger charge is 2.25. The van der Waals surface area contributed by atoms with Crippen LogP contribution in [0.25, 0.3) is 0 Å². The maximum absolute atomic E-state index is 12.1. The van der Waals surface area contributed by atoms with Gasteiger partial charge in [-0.1, -0.05) is 24.8 Å². The third-order valence-electron chi connectivity index (χ3n) is 3.48. The van der Waals surface area contributed by atoms with E-state index in [1.807, 2.05) is 36.4 Å². The lowest BCUT2D eigenvalue weighted by Gasteiger charge is -2.19. The van der Waals surface area contributed by atoms with Crippen molar-refractivity contribution in [1.29, 1.82) is 5.26 Å². The van der Waals surface area contributed by atoms with Crippen LogP contribution < -0.4 is 4.90 Å². The van der Waals surface area contributed by atoms with E-state index in [1.54, 1.807) is 11.9 Å². The van der Waals surface area contributed by atoms with Gasteiger partial charge in [-0.15, -0.1) is 0 Å². The summed E-state index contributed by atoms with van der Waals surface area (Å²) in [5.41, 5.74) is 0.456. The second-order valence-electron chi connectivity index (χ2n) is 4.94. The fourth-order valence-corrected chi connectivity index (χ4v) is 2.05. The van der Waals surface area contributed by atoms with Gasteiger partial charge < -0.3 is 19.1 Å². The van der Waals surface area contributed by atoms with Crippen molar-refractivity contribution in [2.24, 2.45) is 0 Å². The molecule has 0 saturated heterocycles. The highest BCUT2D eigenvalue weighted by molar-refractivity contribution is 6.07. The van der Waals surface area contributed by atoms with Crippen LogP contribution in [0.1, 0.15) is 0 Å². The molecule has 0 spiro atoms. The Kier molecular flexibility index (Phi) is 7.65. The molecule has 1 aromatic carbocycles. The fraction of sp³-hybridized carbons (Fsp3) is 0.211. The number of esters is 2. The average Bonchev–Trinajstić information content (AvgIpc) is 2.69. The summed E-state index contributed by atoms with van der Waals surface area (Å²) in [7, 11) is 5.31. The molecule has 0 heterocycles. The Morgan fingerprint density at radius 1 is 1.08 bits per heavy atom.